The minimum Gasteiger partial charge on any atom is -0.478 e. The summed E-state index contributed by atoms with van der Waals surface area (Å²) in [6.45, 7) is 4.04. The predicted octanol–water partition coefficient (Wildman–Crippen LogP) is 3.12. The van der Waals surface area contributed by atoms with Crippen molar-refractivity contribution < 1.29 is 24.5 Å². The molecule has 0 saturated carbocycles. The fourth-order valence-electron chi connectivity index (χ4n) is 2.23. The average molecular weight is 308 g/mol. The van der Waals surface area contributed by atoms with E-state index >= 15 is 0 Å². The largest absolute Gasteiger partial charge is 0.478 e. The summed E-state index contributed by atoms with van der Waals surface area (Å²) in [4.78, 5) is 23.1. The molecule has 0 radical (unpaired) electrons. The van der Waals surface area contributed by atoms with E-state index in [1.807, 2.05) is 6.92 Å². The van der Waals surface area contributed by atoms with Gasteiger partial charge in [-0.05, 0) is 37.8 Å². The standard InChI is InChI=1S/C17H24O5/c1-3-13(8-6-7-12(2)18)11-22-17(21)15-10-5-4-9-14(15)16(19)20/h4-5,9-10,12-13,18H,3,6-8,11H2,1-2H3,(H,19,20). The van der Waals surface area contributed by atoms with Gasteiger partial charge in [0.2, 0.25) is 0 Å². The molecule has 0 saturated heterocycles. The molecule has 0 aliphatic heterocycles. The van der Waals surface area contributed by atoms with Crippen molar-refractivity contribution in [2.45, 2.75) is 45.6 Å². The van der Waals surface area contributed by atoms with Crippen LogP contribution in [0.3, 0.4) is 0 Å². The lowest BCUT2D eigenvalue weighted by Crippen LogP contribution is -2.17. The van der Waals surface area contributed by atoms with Gasteiger partial charge < -0.3 is 14.9 Å². The van der Waals surface area contributed by atoms with E-state index in [1.165, 1.54) is 12.1 Å². The molecule has 122 valence electrons. The van der Waals surface area contributed by atoms with Gasteiger partial charge >= 0.3 is 11.9 Å². The van der Waals surface area contributed by atoms with Crippen molar-refractivity contribution in [3.63, 3.8) is 0 Å². The number of hydrogen-bond donors (Lipinski definition) is 2. The molecule has 0 amide bonds. The molecule has 0 fully saturated rings. The maximum atomic E-state index is 12.0. The summed E-state index contributed by atoms with van der Waals surface area (Å²) in [6.07, 6.45) is 3.02. The zero-order valence-electron chi connectivity index (χ0n) is 13.1. The van der Waals surface area contributed by atoms with Crippen molar-refractivity contribution in [1.82, 2.24) is 0 Å². The van der Waals surface area contributed by atoms with E-state index in [1.54, 1.807) is 19.1 Å². The molecule has 0 heterocycles. The molecule has 2 unspecified atom stereocenters. The van der Waals surface area contributed by atoms with Gasteiger partial charge in [-0.2, -0.15) is 0 Å². The highest BCUT2D eigenvalue weighted by molar-refractivity contribution is 6.02. The molecule has 0 spiro atoms. The monoisotopic (exact) mass is 308 g/mol. The van der Waals surface area contributed by atoms with Crippen LogP contribution in [0.25, 0.3) is 0 Å². The topological polar surface area (TPSA) is 83.8 Å². The molecule has 0 bridgehead atoms. The number of carbonyl (C=O) groups excluding carboxylic acids is 1. The van der Waals surface area contributed by atoms with E-state index in [-0.39, 0.29) is 29.8 Å². The van der Waals surface area contributed by atoms with E-state index in [4.69, 9.17) is 9.84 Å². The van der Waals surface area contributed by atoms with Crippen LogP contribution in [0.1, 0.15) is 60.2 Å². The highest BCUT2D eigenvalue weighted by Crippen LogP contribution is 2.16. The normalized spacial score (nSPS) is 13.4. The number of aromatic carboxylic acids is 1. The lowest BCUT2D eigenvalue weighted by atomic mass is 9.99. The smallest absolute Gasteiger partial charge is 0.339 e. The van der Waals surface area contributed by atoms with Gasteiger partial charge in [0.1, 0.15) is 0 Å². The third-order valence-corrected chi connectivity index (χ3v) is 3.64. The summed E-state index contributed by atoms with van der Waals surface area (Å²) in [6, 6.07) is 6.03. The zero-order valence-corrected chi connectivity index (χ0v) is 13.1. The average Bonchev–Trinajstić information content (AvgIpc) is 2.49. The van der Waals surface area contributed by atoms with Gasteiger partial charge in [-0.1, -0.05) is 31.9 Å². The van der Waals surface area contributed by atoms with Gasteiger partial charge in [-0.25, -0.2) is 9.59 Å². The first-order valence-electron chi connectivity index (χ1n) is 7.63. The number of ether oxygens (including phenoxy) is 1. The fraction of sp³-hybridized carbons (Fsp3) is 0.529. The lowest BCUT2D eigenvalue weighted by molar-refractivity contribution is 0.0417. The molecule has 1 aromatic rings. The Morgan fingerprint density at radius 1 is 1.18 bits per heavy atom. The highest BCUT2D eigenvalue weighted by atomic mass is 16.5. The summed E-state index contributed by atoms with van der Waals surface area (Å²) < 4.78 is 5.26. The first kappa shape index (κ1) is 18.2. The summed E-state index contributed by atoms with van der Waals surface area (Å²) in [5.74, 6) is -1.52. The van der Waals surface area contributed by atoms with E-state index in [2.05, 4.69) is 0 Å². The van der Waals surface area contributed by atoms with Gasteiger partial charge in [0.05, 0.1) is 23.8 Å². The van der Waals surface area contributed by atoms with Gasteiger partial charge in [0.15, 0.2) is 0 Å². The number of rotatable bonds is 9. The maximum absolute atomic E-state index is 12.0. The summed E-state index contributed by atoms with van der Waals surface area (Å²) in [7, 11) is 0. The Labute approximate surface area is 130 Å². The van der Waals surface area contributed by atoms with Crippen molar-refractivity contribution >= 4 is 11.9 Å². The molecule has 0 aliphatic carbocycles. The van der Waals surface area contributed by atoms with Crippen LogP contribution in [0.2, 0.25) is 0 Å². The maximum Gasteiger partial charge on any atom is 0.339 e. The molecular weight excluding hydrogens is 284 g/mol. The second-order valence-corrected chi connectivity index (χ2v) is 5.50. The van der Waals surface area contributed by atoms with Crippen molar-refractivity contribution in [2.75, 3.05) is 6.61 Å². The highest BCUT2D eigenvalue weighted by Gasteiger charge is 2.18. The number of benzene rings is 1. The molecule has 1 aromatic carbocycles. The molecular formula is C17H24O5. The first-order chi connectivity index (χ1) is 10.5. The Morgan fingerprint density at radius 2 is 1.82 bits per heavy atom. The van der Waals surface area contributed by atoms with Crippen LogP contribution in [-0.4, -0.2) is 34.9 Å². The van der Waals surface area contributed by atoms with E-state index in [9.17, 15) is 14.7 Å². The number of hydrogen-bond acceptors (Lipinski definition) is 4. The summed E-state index contributed by atoms with van der Waals surface area (Å²) in [5, 5.41) is 18.3. The van der Waals surface area contributed by atoms with Crippen molar-refractivity contribution in [3.8, 4) is 0 Å². The Kier molecular flexibility index (Phi) is 7.60. The van der Waals surface area contributed by atoms with Gasteiger partial charge in [-0.15, -0.1) is 0 Å². The van der Waals surface area contributed by atoms with Crippen LogP contribution < -0.4 is 0 Å². The van der Waals surface area contributed by atoms with Gasteiger partial charge in [-0.3, -0.25) is 0 Å². The first-order valence-corrected chi connectivity index (χ1v) is 7.63. The predicted molar refractivity (Wildman–Crippen MR) is 83.0 cm³/mol. The fourth-order valence-corrected chi connectivity index (χ4v) is 2.23. The minimum atomic E-state index is -1.14. The van der Waals surface area contributed by atoms with Crippen LogP contribution in [0, 0.1) is 5.92 Å². The summed E-state index contributed by atoms with van der Waals surface area (Å²) >= 11 is 0. The van der Waals surface area contributed by atoms with Crippen LogP contribution in [0.15, 0.2) is 24.3 Å². The van der Waals surface area contributed by atoms with Crippen LogP contribution in [-0.2, 0) is 4.74 Å². The Bertz CT molecular complexity index is 496. The molecule has 2 atom stereocenters. The van der Waals surface area contributed by atoms with Crippen molar-refractivity contribution in [3.05, 3.63) is 35.4 Å². The second-order valence-electron chi connectivity index (χ2n) is 5.50. The van der Waals surface area contributed by atoms with Crippen LogP contribution in [0.5, 0.6) is 0 Å². The third-order valence-electron chi connectivity index (χ3n) is 3.64. The van der Waals surface area contributed by atoms with E-state index in [0.717, 1.165) is 25.7 Å². The van der Waals surface area contributed by atoms with Crippen LogP contribution in [0.4, 0.5) is 0 Å². The zero-order chi connectivity index (χ0) is 16.5. The molecule has 5 heteroatoms. The quantitative estimate of drug-likeness (QED) is 0.685. The van der Waals surface area contributed by atoms with E-state index in [0.29, 0.717) is 0 Å². The second kappa shape index (κ2) is 9.20. The summed E-state index contributed by atoms with van der Waals surface area (Å²) in [5.41, 5.74) is 0.0310. The Balaban J connectivity index is 2.56. The van der Waals surface area contributed by atoms with Gasteiger partial charge in [0.25, 0.3) is 0 Å². The Morgan fingerprint density at radius 3 is 2.36 bits per heavy atom. The Hall–Kier alpha value is -1.88. The lowest BCUT2D eigenvalue weighted by Gasteiger charge is -2.16. The molecule has 5 nitrogen and oxygen atoms in total. The molecule has 1 rings (SSSR count). The third kappa shape index (κ3) is 5.85. The number of aliphatic hydroxyl groups excluding tert-OH is 1. The van der Waals surface area contributed by atoms with E-state index < -0.39 is 11.9 Å². The number of carboxylic acids is 1. The number of esters is 1. The van der Waals surface area contributed by atoms with Crippen LogP contribution >= 0.6 is 0 Å². The van der Waals surface area contributed by atoms with Crippen molar-refractivity contribution in [1.29, 1.82) is 0 Å². The SMILES string of the molecule is CCC(CCCC(C)O)COC(=O)c1ccccc1C(=O)O. The minimum absolute atomic E-state index is 0.0466. The van der Waals surface area contributed by atoms with Gasteiger partial charge in [0, 0.05) is 0 Å². The number of aliphatic hydroxyl groups is 1. The number of carbonyl (C=O) groups is 2. The van der Waals surface area contributed by atoms with Crippen molar-refractivity contribution in [2.24, 2.45) is 5.92 Å². The number of carboxylic acid groups (broad SMARTS) is 1. The molecule has 0 aliphatic rings. The molecule has 0 aromatic heterocycles. The molecule has 22 heavy (non-hydrogen) atoms. The molecule has 2 N–H and O–H groups in total.